The maximum Gasteiger partial charge on any atom is 0.297 e. The molecule has 84 valence electrons. The lowest BCUT2D eigenvalue weighted by atomic mass is 10.2. The van der Waals surface area contributed by atoms with Gasteiger partial charge in [0.15, 0.2) is 5.52 Å². The average Bonchev–Trinajstić information content (AvgIpc) is 2.70. The molecule has 7 nitrogen and oxygen atoms in total. The fourth-order valence-corrected chi connectivity index (χ4v) is 1.45. The second-order valence-corrected chi connectivity index (χ2v) is 3.01. The van der Waals surface area contributed by atoms with Crippen LogP contribution in [0.5, 0.6) is 11.8 Å². The predicted molar refractivity (Wildman–Crippen MR) is 55.9 cm³/mol. The molecule has 0 spiro atoms. The van der Waals surface area contributed by atoms with Crippen LogP contribution in [0.4, 0.5) is 5.69 Å². The first-order valence-electron chi connectivity index (χ1n) is 4.42. The van der Waals surface area contributed by atoms with Crippen LogP contribution in [0.1, 0.15) is 0 Å². The van der Waals surface area contributed by atoms with E-state index in [1.807, 2.05) is 0 Å². The lowest BCUT2D eigenvalue weighted by Gasteiger charge is -2.00. The molecule has 0 aliphatic carbocycles. The average molecular weight is 223 g/mol. The molecule has 0 amide bonds. The van der Waals surface area contributed by atoms with Crippen LogP contribution in [0, 0.1) is 10.1 Å². The van der Waals surface area contributed by atoms with Crippen molar-refractivity contribution in [3.05, 3.63) is 22.2 Å². The maximum absolute atomic E-state index is 10.8. The molecule has 7 heteroatoms. The van der Waals surface area contributed by atoms with Crippen LogP contribution in [-0.4, -0.2) is 29.1 Å². The van der Waals surface area contributed by atoms with E-state index in [4.69, 9.17) is 9.47 Å². The molecule has 0 bridgehead atoms. The summed E-state index contributed by atoms with van der Waals surface area (Å²) in [5.41, 5.74) is 0.588. The number of non-ortho nitro benzene ring substituents is 1. The van der Waals surface area contributed by atoms with Crippen LogP contribution in [0.2, 0.25) is 0 Å². The Balaban J connectivity index is 2.77. The number of nitrogens with zero attached hydrogens (tertiary/aromatic N) is 2. The van der Waals surface area contributed by atoms with Crippen LogP contribution in [-0.2, 0) is 0 Å². The standard InChI is InChI=1S/C9H9N3O4/c1-15-6-4-3-5(12(13)14)7-8(6)11-9(10-7)16-2/h3-4H,1-2H3,(H,10,11). The number of rotatable bonds is 3. The first-order valence-corrected chi connectivity index (χ1v) is 4.42. The molecule has 1 heterocycles. The van der Waals surface area contributed by atoms with E-state index in [-0.39, 0.29) is 17.2 Å². The third kappa shape index (κ3) is 1.42. The van der Waals surface area contributed by atoms with Crippen LogP contribution >= 0.6 is 0 Å². The van der Waals surface area contributed by atoms with Crippen molar-refractivity contribution in [2.75, 3.05) is 14.2 Å². The van der Waals surface area contributed by atoms with Gasteiger partial charge in [0, 0.05) is 6.07 Å². The fourth-order valence-electron chi connectivity index (χ4n) is 1.45. The molecule has 2 aromatic rings. The van der Waals surface area contributed by atoms with Crippen molar-refractivity contribution >= 4 is 16.7 Å². The molecule has 0 radical (unpaired) electrons. The second-order valence-electron chi connectivity index (χ2n) is 3.01. The number of hydrogen-bond donors (Lipinski definition) is 1. The minimum Gasteiger partial charge on any atom is -0.494 e. The Morgan fingerprint density at radius 2 is 2.12 bits per heavy atom. The van der Waals surface area contributed by atoms with Gasteiger partial charge in [0.1, 0.15) is 11.3 Å². The monoisotopic (exact) mass is 223 g/mol. The lowest BCUT2D eigenvalue weighted by molar-refractivity contribution is -0.383. The summed E-state index contributed by atoms with van der Waals surface area (Å²) in [4.78, 5) is 17.0. The number of nitrogens with one attached hydrogen (secondary N) is 1. The van der Waals surface area contributed by atoms with E-state index in [2.05, 4.69) is 9.97 Å². The first kappa shape index (κ1) is 10.2. The molecule has 1 aromatic carbocycles. The third-order valence-electron chi connectivity index (χ3n) is 2.17. The van der Waals surface area contributed by atoms with Gasteiger partial charge in [-0.3, -0.25) is 10.1 Å². The summed E-state index contributed by atoms with van der Waals surface area (Å²) in [6, 6.07) is 3.07. The Morgan fingerprint density at radius 1 is 1.38 bits per heavy atom. The molecule has 1 aromatic heterocycles. The van der Waals surface area contributed by atoms with Gasteiger partial charge in [-0.25, -0.2) is 0 Å². The van der Waals surface area contributed by atoms with Crippen LogP contribution < -0.4 is 9.47 Å². The van der Waals surface area contributed by atoms with Crippen molar-refractivity contribution in [3.63, 3.8) is 0 Å². The summed E-state index contributed by atoms with van der Waals surface area (Å²) in [5, 5.41) is 10.8. The van der Waals surface area contributed by atoms with Gasteiger partial charge in [0.25, 0.3) is 11.7 Å². The number of H-pyrrole nitrogens is 1. The number of nitro groups is 1. The van der Waals surface area contributed by atoms with E-state index in [0.29, 0.717) is 11.3 Å². The van der Waals surface area contributed by atoms with E-state index < -0.39 is 4.92 Å². The number of methoxy groups -OCH3 is 2. The highest BCUT2D eigenvalue weighted by atomic mass is 16.6. The fraction of sp³-hybridized carbons (Fsp3) is 0.222. The van der Waals surface area contributed by atoms with E-state index >= 15 is 0 Å². The Hall–Kier alpha value is -2.31. The highest BCUT2D eigenvalue weighted by Gasteiger charge is 2.19. The number of hydrogen-bond acceptors (Lipinski definition) is 5. The van der Waals surface area contributed by atoms with Gasteiger partial charge in [-0.15, -0.1) is 0 Å². The van der Waals surface area contributed by atoms with Crippen molar-refractivity contribution < 1.29 is 14.4 Å². The summed E-state index contributed by atoms with van der Waals surface area (Å²) in [6.07, 6.45) is 0. The Labute approximate surface area is 90.2 Å². The smallest absolute Gasteiger partial charge is 0.297 e. The Kier molecular flexibility index (Phi) is 2.35. The molecule has 1 N–H and O–H groups in total. The van der Waals surface area contributed by atoms with E-state index in [0.717, 1.165) is 0 Å². The van der Waals surface area contributed by atoms with E-state index in [1.54, 1.807) is 0 Å². The minimum absolute atomic E-state index is 0.0876. The Bertz CT molecular complexity index is 549. The molecule has 2 rings (SSSR count). The van der Waals surface area contributed by atoms with Gasteiger partial charge in [-0.05, 0) is 6.07 Å². The molecular formula is C9H9N3O4. The zero-order valence-electron chi connectivity index (χ0n) is 8.68. The number of benzene rings is 1. The number of nitro benzene ring substituents is 1. The highest BCUT2D eigenvalue weighted by Crippen LogP contribution is 2.32. The molecule has 16 heavy (non-hydrogen) atoms. The van der Waals surface area contributed by atoms with Crippen molar-refractivity contribution in [2.45, 2.75) is 0 Å². The maximum atomic E-state index is 10.8. The minimum atomic E-state index is -0.498. The number of ether oxygens (including phenoxy) is 2. The number of imidazole rings is 1. The predicted octanol–water partition coefficient (Wildman–Crippen LogP) is 1.49. The summed E-state index contributed by atoms with van der Waals surface area (Å²) in [7, 11) is 2.91. The van der Waals surface area contributed by atoms with Crippen molar-refractivity contribution in [2.24, 2.45) is 0 Å². The highest BCUT2D eigenvalue weighted by molar-refractivity contribution is 5.90. The molecule has 0 fully saturated rings. The second kappa shape index (κ2) is 3.69. The van der Waals surface area contributed by atoms with Gasteiger partial charge >= 0.3 is 0 Å². The SMILES string of the molecule is COc1nc2c([N+](=O)[O-])ccc(OC)c2[nH]1. The van der Waals surface area contributed by atoms with Crippen molar-refractivity contribution in [3.8, 4) is 11.8 Å². The third-order valence-corrected chi connectivity index (χ3v) is 2.17. The number of aromatic amines is 1. The van der Waals surface area contributed by atoms with Gasteiger partial charge in [0.05, 0.1) is 19.1 Å². The molecule has 0 atom stereocenters. The largest absolute Gasteiger partial charge is 0.494 e. The zero-order chi connectivity index (χ0) is 11.7. The summed E-state index contributed by atoms with van der Waals surface area (Å²) >= 11 is 0. The lowest BCUT2D eigenvalue weighted by Crippen LogP contribution is -1.91. The van der Waals surface area contributed by atoms with Crippen LogP contribution in [0.3, 0.4) is 0 Å². The molecule has 0 saturated carbocycles. The topological polar surface area (TPSA) is 90.3 Å². The number of fused-ring (bicyclic) bond motifs is 1. The quantitative estimate of drug-likeness (QED) is 0.628. The molecule has 0 aliphatic heterocycles. The molecule has 0 unspecified atom stereocenters. The van der Waals surface area contributed by atoms with Crippen LogP contribution in [0.15, 0.2) is 12.1 Å². The summed E-state index contributed by atoms with van der Waals surface area (Å²) in [6.45, 7) is 0. The normalized spacial score (nSPS) is 10.4. The van der Waals surface area contributed by atoms with E-state index in [1.165, 1.54) is 26.4 Å². The molecular weight excluding hydrogens is 214 g/mol. The summed E-state index contributed by atoms with van der Waals surface area (Å²) in [5.74, 6) is 0.483. The first-order chi connectivity index (χ1) is 7.67. The van der Waals surface area contributed by atoms with E-state index in [9.17, 15) is 10.1 Å². The van der Waals surface area contributed by atoms with Crippen LogP contribution in [0.25, 0.3) is 11.0 Å². The molecule has 0 saturated heterocycles. The number of aromatic nitrogens is 2. The van der Waals surface area contributed by atoms with Gasteiger partial charge < -0.3 is 14.5 Å². The Morgan fingerprint density at radius 3 is 2.69 bits per heavy atom. The molecule has 0 aliphatic rings. The van der Waals surface area contributed by atoms with Gasteiger partial charge in [-0.1, -0.05) is 0 Å². The summed E-state index contributed by atoms with van der Waals surface area (Å²) < 4.78 is 9.96. The van der Waals surface area contributed by atoms with Gasteiger partial charge in [-0.2, -0.15) is 4.98 Å². The van der Waals surface area contributed by atoms with Crippen molar-refractivity contribution in [1.29, 1.82) is 0 Å². The van der Waals surface area contributed by atoms with Crippen molar-refractivity contribution in [1.82, 2.24) is 9.97 Å². The van der Waals surface area contributed by atoms with Gasteiger partial charge in [0.2, 0.25) is 0 Å². The zero-order valence-corrected chi connectivity index (χ0v) is 8.68.